The van der Waals surface area contributed by atoms with Crippen molar-refractivity contribution in [3.63, 3.8) is 0 Å². The number of hydrogen-bond donors (Lipinski definition) is 1. The molecule has 1 aliphatic heterocycles. The molecular weight excluding hydrogens is 232 g/mol. The van der Waals surface area contributed by atoms with E-state index >= 15 is 0 Å². The molecule has 0 saturated carbocycles. The highest BCUT2D eigenvalue weighted by Gasteiger charge is 2.15. The van der Waals surface area contributed by atoms with Crippen LogP contribution in [0.1, 0.15) is 39.0 Å². The van der Waals surface area contributed by atoms with Crippen molar-refractivity contribution in [2.24, 2.45) is 0 Å². The van der Waals surface area contributed by atoms with Gasteiger partial charge >= 0.3 is 0 Å². The van der Waals surface area contributed by atoms with Crippen molar-refractivity contribution in [2.75, 3.05) is 38.2 Å². The maximum Gasteiger partial charge on any atom is 0.0244 e. The number of hydrogen-bond acceptors (Lipinski definition) is 3. The summed E-state index contributed by atoms with van der Waals surface area (Å²) in [6, 6.07) is 0.683. The van der Waals surface area contributed by atoms with E-state index in [0.717, 1.165) is 18.7 Å². The molecule has 0 aliphatic carbocycles. The third kappa shape index (κ3) is 7.17. The molecule has 1 N–H and O–H groups in total. The van der Waals surface area contributed by atoms with Gasteiger partial charge in [0.1, 0.15) is 0 Å². The summed E-state index contributed by atoms with van der Waals surface area (Å²) in [5.41, 5.74) is 0. The molecule has 1 saturated heterocycles. The van der Waals surface area contributed by atoms with Crippen LogP contribution in [0.3, 0.4) is 0 Å². The molecule has 1 fully saturated rings. The van der Waals surface area contributed by atoms with Gasteiger partial charge in [-0.05, 0) is 58.3 Å². The van der Waals surface area contributed by atoms with Crippen molar-refractivity contribution < 1.29 is 4.21 Å². The molecule has 0 aromatic rings. The Morgan fingerprint density at radius 2 is 2.18 bits per heavy atom. The Hall–Kier alpha value is 0.0700. The highest BCUT2D eigenvalue weighted by atomic mass is 32.2. The van der Waals surface area contributed by atoms with Crippen LogP contribution in [0.15, 0.2) is 0 Å². The van der Waals surface area contributed by atoms with E-state index in [-0.39, 0.29) is 0 Å². The molecule has 1 aliphatic rings. The van der Waals surface area contributed by atoms with Gasteiger partial charge in [-0.15, -0.1) is 0 Å². The van der Waals surface area contributed by atoms with Crippen molar-refractivity contribution in [3.8, 4) is 0 Å². The van der Waals surface area contributed by atoms with E-state index in [4.69, 9.17) is 0 Å². The standard InChI is InChI=1S/C13H28N2OS/c1-3-9-15-10-4-6-13(7-11-15)14-8-5-12-17(2)16/h13-14H,3-12H2,1-2H3. The lowest BCUT2D eigenvalue weighted by atomic mass is 10.1. The summed E-state index contributed by atoms with van der Waals surface area (Å²) in [5.74, 6) is 0.835. The topological polar surface area (TPSA) is 32.3 Å². The van der Waals surface area contributed by atoms with E-state index < -0.39 is 10.8 Å². The first-order chi connectivity index (χ1) is 8.22. The second kappa shape index (κ2) is 9.06. The van der Waals surface area contributed by atoms with Crippen LogP contribution in [-0.4, -0.2) is 53.3 Å². The molecule has 0 spiro atoms. The average Bonchev–Trinajstić information content (AvgIpc) is 2.51. The molecule has 0 radical (unpaired) electrons. The second-order valence-electron chi connectivity index (χ2n) is 5.05. The molecule has 3 nitrogen and oxygen atoms in total. The highest BCUT2D eigenvalue weighted by Crippen LogP contribution is 2.11. The van der Waals surface area contributed by atoms with Gasteiger partial charge in [0.2, 0.25) is 0 Å². The van der Waals surface area contributed by atoms with Crippen molar-refractivity contribution >= 4 is 10.8 Å². The van der Waals surface area contributed by atoms with E-state index in [1.165, 1.54) is 45.3 Å². The zero-order chi connectivity index (χ0) is 12.5. The first kappa shape index (κ1) is 15.1. The predicted molar refractivity (Wildman–Crippen MR) is 75.9 cm³/mol. The Labute approximate surface area is 109 Å². The lowest BCUT2D eigenvalue weighted by molar-refractivity contribution is 0.282. The molecule has 4 heteroatoms. The SMILES string of the molecule is CCCN1CCCC(NCCCS(C)=O)CC1. The Morgan fingerprint density at radius 1 is 1.35 bits per heavy atom. The van der Waals surface area contributed by atoms with E-state index in [1.807, 2.05) is 0 Å². The van der Waals surface area contributed by atoms with Gasteiger partial charge in [-0.25, -0.2) is 0 Å². The smallest absolute Gasteiger partial charge is 0.0244 e. The van der Waals surface area contributed by atoms with Crippen LogP contribution in [0.25, 0.3) is 0 Å². The van der Waals surface area contributed by atoms with Gasteiger partial charge in [-0.1, -0.05) is 6.92 Å². The molecule has 0 aromatic heterocycles. The quantitative estimate of drug-likeness (QED) is 0.706. The largest absolute Gasteiger partial charge is 0.314 e. The lowest BCUT2D eigenvalue weighted by Crippen LogP contribution is -2.32. The molecule has 0 bridgehead atoms. The van der Waals surface area contributed by atoms with Gasteiger partial charge < -0.3 is 10.2 Å². The number of rotatable bonds is 7. The van der Waals surface area contributed by atoms with Gasteiger partial charge in [-0.2, -0.15) is 0 Å². The minimum atomic E-state index is -0.632. The number of nitrogens with one attached hydrogen (secondary N) is 1. The van der Waals surface area contributed by atoms with Crippen molar-refractivity contribution in [1.82, 2.24) is 10.2 Å². The van der Waals surface area contributed by atoms with E-state index in [0.29, 0.717) is 6.04 Å². The van der Waals surface area contributed by atoms with Crippen LogP contribution in [0, 0.1) is 0 Å². The predicted octanol–water partition coefficient (Wildman–Crippen LogP) is 1.61. The van der Waals surface area contributed by atoms with Crippen LogP contribution >= 0.6 is 0 Å². The van der Waals surface area contributed by atoms with Gasteiger partial charge in [0.05, 0.1) is 0 Å². The second-order valence-corrected chi connectivity index (χ2v) is 6.61. The molecule has 0 aromatic carbocycles. The van der Waals surface area contributed by atoms with Gasteiger partial charge in [0.15, 0.2) is 0 Å². The lowest BCUT2D eigenvalue weighted by Gasteiger charge is -2.19. The third-order valence-corrected chi connectivity index (χ3v) is 4.27. The zero-order valence-electron chi connectivity index (χ0n) is 11.4. The molecule has 17 heavy (non-hydrogen) atoms. The fourth-order valence-electron chi connectivity index (χ4n) is 2.48. The monoisotopic (exact) mass is 260 g/mol. The van der Waals surface area contributed by atoms with Gasteiger partial charge in [-0.3, -0.25) is 4.21 Å². The molecule has 1 rings (SSSR count). The fraction of sp³-hybridized carbons (Fsp3) is 1.00. The third-order valence-electron chi connectivity index (χ3n) is 3.40. The normalized spacial score (nSPS) is 24.5. The van der Waals surface area contributed by atoms with E-state index in [9.17, 15) is 4.21 Å². The van der Waals surface area contributed by atoms with E-state index in [1.54, 1.807) is 6.26 Å². The zero-order valence-corrected chi connectivity index (χ0v) is 12.2. The van der Waals surface area contributed by atoms with Crippen LogP contribution in [0.4, 0.5) is 0 Å². The summed E-state index contributed by atoms with van der Waals surface area (Å²) >= 11 is 0. The van der Waals surface area contributed by atoms with Crippen molar-refractivity contribution in [1.29, 1.82) is 0 Å². The van der Waals surface area contributed by atoms with Gasteiger partial charge in [0.25, 0.3) is 0 Å². The van der Waals surface area contributed by atoms with E-state index in [2.05, 4.69) is 17.1 Å². The minimum absolute atomic E-state index is 0.632. The van der Waals surface area contributed by atoms with Crippen LogP contribution in [0.2, 0.25) is 0 Å². The first-order valence-electron chi connectivity index (χ1n) is 6.98. The number of likely N-dealkylation sites (tertiary alicyclic amines) is 1. The summed E-state index contributed by atoms with van der Waals surface area (Å²) in [4.78, 5) is 2.59. The highest BCUT2D eigenvalue weighted by molar-refractivity contribution is 7.84. The summed E-state index contributed by atoms with van der Waals surface area (Å²) in [7, 11) is -0.632. The Bertz CT molecular complexity index is 223. The molecule has 102 valence electrons. The Morgan fingerprint density at radius 3 is 2.88 bits per heavy atom. The Kier molecular flexibility index (Phi) is 8.06. The summed E-state index contributed by atoms with van der Waals surface area (Å²) in [6.45, 7) is 7.04. The Balaban J connectivity index is 2.11. The van der Waals surface area contributed by atoms with Crippen LogP contribution in [-0.2, 0) is 10.8 Å². The van der Waals surface area contributed by atoms with Crippen molar-refractivity contribution in [2.45, 2.75) is 45.1 Å². The summed E-state index contributed by atoms with van der Waals surface area (Å²) in [5, 5.41) is 3.62. The molecular formula is C13H28N2OS. The number of nitrogens with zero attached hydrogens (tertiary/aromatic N) is 1. The molecule has 1 heterocycles. The van der Waals surface area contributed by atoms with Gasteiger partial charge in [0, 0.05) is 28.9 Å². The maximum absolute atomic E-state index is 10.9. The average molecular weight is 260 g/mol. The maximum atomic E-state index is 10.9. The molecule has 0 amide bonds. The minimum Gasteiger partial charge on any atom is -0.314 e. The summed E-state index contributed by atoms with van der Waals surface area (Å²) < 4.78 is 10.9. The van der Waals surface area contributed by atoms with Crippen molar-refractivity contribution in [3.05, 3.63) is 0 Å². The fourth-order valence-corrected chi connectivity index (χ4v) is 3.03. The summed E-state index contributed by atoms with van der Waals surface area (Å²) in [6.07, 6.45) is 7.98. The molecule has 2 unspecified atom stereocenters. The first-order valence-corrected chi connectivity index (χ1v) is 8.71. The molecule has 2 atom stereocenters. The van der Waals surface area contributed by atoms with Crippen LogP contribution < -0.4 is 5.32 Å². The van der Waals surface area contributed by atoms with Crippen LogP contribution in [0.5, 0.6) is 0 Å².